The minimum Gasteiger partial charge on any atom is -0.379 e. The van der Waals surface area contributed by atoms with Crippen molar-refractivity contribution >= 4 is 35.0 Å². The highest BCUT2D eigenvalue weighted by Gasteiger charge is 2.43. The molecule has 0 saturated carbocycles. The Labute approximate surface area is 344 Å². The molecular formula is C42H69N7O7S. The first kappa shape index (κ1) is 47.9. The number of benzene rings is 1. The molecular weight excluding hydrogens is 747 g/mol. The molecule has 3 rings (SSSR count). The van der Waals surface area contributed by atoms with Crippen molar-refractivity contribution < 1.29 is 33.5 Å². The Bertz CT molecular complexity index is 1520. The van der Waals surface area contributed by atoms with Gasteiger partial charge in [0.05, 0.1) is 55.3 Å². The zero-order valence-electron chi connectivity index (χ0n) is 35.7. The molecule has 4 amide bonds. The first-order valence-electron chi connectivity index (χ1n) is 20.4. The molecule has 57 heavy (non-hydrogen) atoms. The van der Waals surface area contributed by atoms with Gasteiger partial charge in [0.1, 0.15) is 11.0 Å². The SMILES string of the molecule is CC[C@H](C)[C@@H]([C@@H](CC(=O)N1CCC[C@H]1[C@H](OC)[C@@H](C)C(=O)N[C@@H](Cc1ccccc1)c1nccs1)OC)N(C)C(=O)[C@@H](NC(=O)[C@@H](NCCON)C(C)C)C(C)C. The number of methoxy groups -OCH3 is 2. The van der Waals surface area contributed by atoms with Crippen molar-refractivity contribution in [2.45, 2.75) is 123 Å². The largest absolute Gasteiger partial charge is 0.379 e. The molecule has 1 fully saturated rings. The van der Waals surface area contributed by atoms with E-state index >= 15 is 0 Å². The maximum absolute atomic E-state index is 14.3. The van der Waals surface area contributed by atoms with Gasteiger partial charge < -0.3 is 40.1 Å². The van der Waals surface area contributed by atoms with E-state index in [0.717, 1.165) is 23.4 Å². The number of carbonyl (C=O) groups excluding carboxylic acids is 4. The van der Waals surface area contributed by atoms with Crippen LogP contribution >= 0.6 is 11.3 Å². The van der Waals surface area contributed by atoms with Crippen molar-refractivity contribution in [2.24, 2.45) is 29.6 Å². The van der Waals surface area contributed by atoms with E-state index in [1.54, 1.807) is 32.4 Å². The Balaban J connectivity index is 1.78. The van der Waals surface area contributed by atoms with E-state index in [0.29, 0.717) is 25.9 Å². The van der Waals surface area contributed by atoms with Crippen LogP contribution < -0.4 is 21.8 Å². The summed E-state index contributed by atoms with van der Waals surface area (Å²) in [6.07, 6.45) is 3.37. The average molecular weight is 816 g/mol. The van der Waals surface area contributed by atoms with Crippen LogP contribution in [0.25, 0.3) is 0 Å². The number of likely N-dealkylation sites (N-methyl/N-ethyl adjacent to an activating group) is 1. The molecule has 15 heteroatoms. The summed E-state index contributed by atoms with van der Waals surface area (Å²) in [6.45, 7) is 14.7. The summed E-state index contributed by atoms with van der Waals surface area (Å²) >= 11 is 1.50. The molecule has 5 N–H and O–H groups in total. The molecule has 2 heterocycles. The molecule has 14 nitrogen and oxygen atoms in total. The van der Waals surface area contributed by atoms with Crippen molar-refractivity contribution in [3.8, 4) is 0 Å². The van der Waals surface area contributed by atoms with Gasteiger partial charge in [-0.1, -0.05) is 85.2 Å². The van der Waals surface area contributed by atoms with Gasteiger partial charge in [-0.05, 0) is 42.6 Å². The van der Waals surface area contributed by atoms with Gasteiger partial charge >= 0.3 is 0 Å². The Morgan fingerprint density at radius 3 is 2.23 bits per heavy atom. The molecule has 1 aromatic carbocycles. The standard InChI is InChI=1S/C42H69N7O7S/c1-11-28(6)37(48(8)42(53)36(27(4)5)47-40(52)35(26(2)3)44-19-22-56-43)33(54-9)25-34(50)49-21-15-18-32(49)38(55-10)29(7)39(51)46-31(41-45-20-23-57-41)24-30-16-13-12-14-17-30/h12-14,16-17,20,23,26-29,31-33,35-38,44H,11,15,18-19,21-22,24-25,43H2,1-10H3,(H,46,51)(H,47,52)/t28-,29+,31-,32-,33+,35-,36-,37-,38+/m0/s1. The summed E-state index contributed by atoms with van der Waals surface area (Å²) < 4.78 is 12.1. The molecule has 0 radical (unpaired) electrons. The van der Waals surface area contributed by atoms with Gasteiger partial charge in [-0.15, -0.1) is 11.3 Å². The van der Waals surface area contributed by atoms with E-state index < -0.39 is 36.3 Å². The first-order chi connectivity index (χ1) is 27.2. The maximum atomic E-state index is 14.3. The monoisotopic (exact) mass is 815 g/mol. The van der Waals surface area contributed by atoms with E-state index in [1.807, 2.05) is 89.1 Å². The average Bonchev–Trinajstić information content (AvgIpc) is 3.92. The zero-order valence-corrected chi connectivity index (χ0v) is 36.6. The van der Waals surface area contributed by atoms with Crippen molar-refractivity contribution in [2.75, 3.05) is 41.0 Å². The lowest BCUT2D eigenvalue weighted by molar-refractivity contribution is -0.147. The van der Waals surface area contributed by atoms with Gasteiger partial charge in [0, 0.05) is 45.9 Å². The summed E-state index contributed by atoms with van der Waals surface area (Å²) in [7, 11) is 4.88. The number of amides is 4. The van der Waals surface area contributed by atoms with Crippen LogP contribution in [0.2, 0.25) is 0 Å². The molecule has 2 aromatic rings. The van der Waals surface area contributed by atoms with Gasteiger partial charge in [-0.25, -0.2) is 10.9 Å². The van der Waals surface area contributed by atoms with Crippen LogP contribution in [-0.4, -0.2) is 116 Å². The number of likely N-dealkylation sites (tertiary alicyclic amines) is 1. The van der Waals surface area contributed by atoms with Crippen LogP contribution in [0.5, 0.6) is 0 Å². The second-order valence-corrected chi connectivity index (χ2v) is 16.9. The lowest BCUT2D eigenvalue weighted by Crippen LogP contribution is -2.60. The Morgan fingerprint density at radius 2 is 1.67 bits per heavy atom. The highest BCUT2D eigenvalue weighted by Crippen LogP contribution is 2.30. The summed E-state index contributed by atoms with van der Waals surface area (Å²) in [4.78, 5) is 68.7. The third-order valence-electron chi connectivity index (χ3n) is 11.4. The number of ether oxygens (including phenoxy) is 2. The number of thiazole rings is 1. The highest BCUT2D eigenvalue weighted by atomic mass is 32.1. The fourth-order valence-corrected chi connectivity index (χ4v) is 8.64. The lowest BCUT2D eigenvalue weighted by atomic mass is 9.89. The number of carbonyl (C=O) groups is 4. The van der Waals surface area contributed by atoms with Crippen LogP contribution in [-0.2, 0) is 39.9 Å². The zero-order chi connectivity index (χ0) is 42.2. The van der Waals surface area contributed by atoms with E-state index in [-0.39, 0.29) is 66.5 Å². The predicted molar refractivity (Wildman–Crippen MR) is 223 cm³/mol. The number of nitrogens with one attached hydrogen (secondary N) is 3. The van der Waals surface area contributed by atoms with Crippen molar-refractivity contribution in [1.82, 2.24) is 30.7 Å². The fourth-order valence-electron chi connectivity index (χ4n) is 7.95. The number of aromatic nitrogens is 1. The first-order valence-corrected chi connectivity index (χ1v) is 21.3. The van der Waals surface area contributed by atoms with Gasteiger partial charge in [-0.2, -0.15) is 0 Å². The third-order valence-corrected chi connectivity index (χ3v) is 12.3. The minimum absolute atomic E-state index is 0.0289. The minimum atomic E-state index is -0.808. The molecule has 1 saturated heterocycles. The van der Waals surface area contributed by atoms with Crippen LogP contribution in [0.1, 0.15) is 90.8 Å². The second-order valence-electron chi connectivity index (χ2n) is 16.0. The van der Waals surface area contributed by atoms with Crippen LogP contribution in [0, 0.1) is 23.7 Å². The fraction of sp³-hybridized carbons (Fsp3) is 0.690. The molecule has 1 aliphatic heterocycles. The molecule has 9 atom stereocenters. The van der Waals surface area contributed by atoms with E-state index in [4.69, 9.17) is 15.4 Å². The number of hydrogen-bond donors (Lipinski definition) is 4. The topological polar surface area (TPSA) is 177 Å². The summed E-state index contributed by atoms with van der Waals surface area (Å²) in [5.74, 6) is 3.47. The number of rotatable bonds is 24. The van der Waals surface area contributed by atoms with Gasteiger partial charge in [0.25, 0.3) is 0 Å². The molecule has 1 aliphatic rings. The van der Waals surface area contributed by atoms with Crippen molar-refractivity contribution in [1.29, 1.82) is 0 Å². The highest BCUT2D eigenvalue weighted by molar-refractivity contribution is 7.09. The van der Waals surface area contributed by atoms with Crippen LogP contribution in [0.4, 0.5) is 0 Å². The summed E-state index contributed by atoms with van der Waals surface area (Å²) in [5, 5.41) is 12.1. The van der Waals surface area contributed by atoms with Gasteiger partial charge in [0.2, 0.25) is 23.6 Å². The molecule has 0 aliphatic carbocycles. The van der Waals surface area contributed by atoms with E-state index in [2.05, 4.69) is 25.8 Å². The van der Waals surface area contributed by atoms with Gasteiger partial charge in [0.15, 0.2) is 0 Å². The third kappa shape index (κ3) is 13.3. The molecule has 320 valence electrons. The van der Waals surface area contributed by atoms with Crippen molar-refractivity contribution in [3.63, 3.8) is 0 Å². The van der Waals surface area contributed by atoms with Crippen LogP contribution in [0.3, 0.4) is 0 Å². The number of nitrogens with zero attached hydrogens (tertiary/aromatic N) is 3. The Hall–Kier alpha value is -3.47. The van der Waals surface area contributed by atoms with E-state index in [1.165, 1.54) is 11.3 Å². The Kier molecular flexibility index (Phi) is 20.0. The molecule has 0 spiro atoms. The second kappa shape index (κ2) is 23.8. The lowest BCUT2D eigenvalue weighted by Gasteiger charge is -2.41. The van der Waals surface area contributed by atoms with E-state index in [9.17, 15) is 19.2 Å². The summed E-state index contributed by atoms with van der Waals surface area (Å²) in [5.41, 5.74) is 1.09. The quantitative estimate of drug-likeness (QED) is 0.0892. The normalized spacial score (nSPS) is 18.7. The number of hydrogen-bond acceptors (Lipinski definition) is 11. The van der Waals surface area contributed by atoms with Crippen molar-refractivity contribution in [3.05, 3.63) is 52.5 Å². The molecule has 0 unspecified atom stereocenters. The molecule has 1 aromatic heterocycles. The van der Waals surface area contributed by atoms with Gasteiger partial charge in [-0.3, -0.25) is 19.2 Å². The smallest absolute Gasteiger partial charge is 0.245 e. The predicted octanol–water partition coefficient (Wildman–Crippen LogP) is 4.11. The molecule has 0 bridgehead atoms. The Morgan fingerprint density at radius 1 is 0.982 bits per heavy atom. The van der Waals surface area contributed by atoms with Crippen LogP contribution in [0.15, 0.2) is 41.9 Å². The summed E-state index contributed by atoms with van der Waals surface area (Å²) in [6, 6.07) is 7.53. The number of nitrogens with two attached hydrogens (primary N) is 1. The maximum Gasteiger partial charge on any atom is 0.245 e.